The van der Waals surface area contributed by atoms with E-state index in [9.17, 15) is 0 Å². The summed E-state index contributed by atoms with van der Waals surface area (Å²) in [5.74, 6) is 0.943. The topological polar surface area (TPSA) is 41.5 Å². The van der Waals surface area contributed by atoms with E-state index in [0.717, 1.165) is 25.5 Å². The molecule has 0 aromatic rings. The van der Waals surface area contributed by atoms with Crippen LogP contribution >= 0.6 is 0 Å². The van der Waals surface area contributed by atoms with Crippen molar-refractivity contribution in [1.82, 2.24) is 5.32 Å². The van der Waals surface area contributed by atoms with E-state index in [-0.39, 0.29) is 6.61 Å². The molecule has 0 saturated heterocycles. The highest BCUT2D eigenvalue weighted by Crippen LogP contribution is 2.24. The number of rotatable bonds is 8. The summed E-state index contributed by atoms with van der Waals surface area (Å²) in [6, 6.07) is 0. The van der Waals surface area contributed by atoms with Gasteiger partial charge in [-0.1, -0.05) is 6.42 Å². The van der Waals surface area contributed by atoms with Gasteiger partial charge in [-0.15, -0.1) is 0 Å². The van der Waals surface area contributed by atoms with E-state index in [1.807, 2.05) is 0 Å². The molecule has 1 aliphatic rings. The molecule has 0 aromatic heterocycles. The summed E-state index contributed by atoms with van der Waals surface area (Å²) in [6.45, 7) is 3.60. The van der Waals surface area contributed by atoms with Crippen LogP contribution in [0.3, 0.4) is 0 Å². The molecule has 0 radical (unpaired) electrons. The SMILES string of the molecule is OCCOCCCNCC1CCC1. The number of aliphatic hydroxyl groups excluding tert-OH is 1. The minimum absolute atomic E-state index is 0.134. The third-order valence-electron chi connectivity index (χ3n) is 2.54. The lowest BCUT2D eigenvalue weighted by atomic mass is 9.85. The van der Waals surface area contributed by atoms with Gasteiger partial charge in [-0.05, 0) is 38.3 Å². The van der Waals surface area contributed by atoms with Gasteiger partial charge >= 0.3 is 0 Å². The number of hydrogen-bond donors (Lipinski definition) is 2. The second kappa shape index (κ2) is 7.30. The number of nitrogens with one attached hydrogen (secondary N) is 1. The van der Waals surface area contributed by atoms with Crippen LogP contribution in [0.15, 0.2) is 0 Å². The quantitative estimate of drug-likeness (QED) is 0.552. The summed E-state index contributed by atoms with van der Waals surface area (Å²) in [5, 5.41) is 11.9. The van der Waals surface area contributed by atoms with Crippen LogP contribution in [0.5, 0.6) is 0 Å². The van der Waals surface area contributed by atoms with Crippen molar-refractivity contribution in [2.75, 3.05) is 32.9 Å². The maximum atomic E-state index is 8.44. The lowest BCUT2D eigenvalue weighted by Crippen LogP contribution is -2.28. The van der Waals surface area contributed by atoms with Gasteiger partial charge in [-0.2, -0.15) is 0 Å². The maximum absolute atomic E-state index is 8.44. The molecule has 1 rings (SSSR count). The smallest absolute Gasteiger partial charge is 0.0697 e. The van der Waals surface area contributed by atoms with Gasteiger partial charge < -0.3 is 15.2 Å². The third-order valence-corrected chi connectivity index (χ3v) is 2.54. The van der Waals surface area contributed by atoms with Crippen LogP contribution in [0.1, 0.15) is 25.7 Å². The molecule has 1 aliphatic carbocycles. The largest absolute Gasteiger partial charge is 0.394 e. The van der Waals surface area contributed by atoms with Gasteiger partial charge in [0.15, 0.2) is 0 Å². The Bertz CT molecular complexity index is 115. The lowest BCUT2D eigenvalue weighted by molar-refractivity contribution is 0.0904. The fourth-order valence-corrected chi connectivity index (χ4v) is 1.47. The van der Waals surface area contributed by atoms with Crippen LogP contribution in [-0.2, 0) is 4.74 Å². The standard InChI is InChI=1S/C10H21NO2/c12-6-8-13-7-2-5-11-9-10-3-1-4-10/h10-12H,1-9H2. The van der Waals surface area contributed by atoms with Gasteiger partial charge in [0.1, 0.15) is 0 Å². The maximum Gasteiger partial charge on any atom is 0.0697 e. The zero-order valence-electron chi connectivity index (χ0n) is 8.30. The Balaban J connectivity index is 1.68. The molecule has 3 heteroatoms. The van der Waals surface area contributed by atoms with Crippen LogP contribution in [-0.4, -0.2) is 38.0 Å². The van der Waals surface area contributed by atoms with Crippen LogP contribution < -0.4 is 5.32 Å². The van der Waals surface area contributed by atoms with Gasteiger partial charge in [-0.3, -0.25) is 0 Å². The number of ether oxygens (including phenoxy) is 1. The first-order valence-electron chi connectivity index (χ1n) is 5.33. The highest BCUT2D eigenvalue weighted by atomic mass is 16.5. The molecule has 1 fully saturated rings. The summed E-state index contributed by atoms with van der Waals surface area (Å²) in [5.41, 5.74) is 0. The van der Waals surface area contributed by atoms with Gasteiger partial charge in [0, 0.05) is 6.61 Å². The first kappa shape index (κ1) is 11.0. The molecule has 0 heterocycles. The predicted molar refractivity (Wildman–Crippen MR) is 52.7 cm³/mol. The minimum atomic E-state index is 0.134. The highest BCUT2D eigenvalue weighted by molar-refractivity contribution is 4.71. The zero-order chi connectivity index (χ0) is 9.36. The van der Waals surface area contributed by atoms with Crippen molar-refractivity contribution in [2.45, 2.75) is 25.7 Å². The molecule has 13 heavy (non-hydrogen) atoms. The van der Waals surface area contributed by atoms with Crippen molar-refractivity contribution in [3.8, 4) is 0 Å². The average molecular weight is 187 g/mol. The predicted octanol–water partition coefficient (Wildman–Crippen LogP) is 0.775. The van der Waals surface area contributed by atoms with Crippen molar-refractivity contribution in [3.05, 3.63) is 0 Å². The summed E-state index contributed by atoms with van der Waals surface area (Å²) in [7, 11) is 0. The molecule has 1 saturated carbocycles. The van der Waals surface area contributed by atoms with Crippen molar-refractivity contribution in [1.29, 1.82) is 0 Å². The van der Waals surface area contributed by atoms with Crippen LogP contribution in [0.25, 0.3) is 0 Å². The Morgan fingerprint density at radius 3 is 2.77 bits per heavy atom. The van der Waals surface area contributed by atoms with Crippen molar-refractivity contribution < 1.29 is 9.84 Å². The first-order valence-corrected chi connectivity index (χ1v) is 5.33. The van der Waals surface area contributed by atoms with Crippen molar-refractivity contribution in [3.63, 3.8) is 0 Å². The summed E-state index contributed by atoms with van der Waals surface area (Å²) >= 11 is 0. The molecule has 2 N–H and O–H groups in total. The van der Waals surface area contributed by atoms with Crippen molar-refractivity contribution >= 4 is 0 Å². The highest BCUT2D eigenvalue weighted by Gasteiger charge is 2.15. The van der Waals surface area contributed by atoms with E-state index in [2.05, 4.69) is 5.32 Å². The summed E-state index contributed by atoms with van der Waals surface area (Å²) in [6.07, 6.45) is 5.29. The van der Waals surface area contributed by atoms with Crippen LogP contribution in [0, 0.1) is 5.92 Å². The molecule has 0 amide bonds. The monoisotopic (exact) mass is 187 g/mol. The fraction of sp³-hybridized carbons (Fsp3) is 1.00. The first-order chi connectivity index (χ1) is 6.43. The fourth-order valence-electron chi connectivity index (χ4n) is 1.47. The number of hydrogen-bond acceptors (Lipinski definition) is 3. The van der Waals surface area contributed by atoms with E-state index in [1.54, 1.807) is 0 Å². The molecule has 78 valence electrons. The van der Waals surface area contributed by atoms with Gasteiger partial charge in [0.25, 0.3) is 0 Å². The van der Waals surface area contributed by atoms with E-state index in [4.69, 9.17) is 9.84 Å². The van der Waals surface area contributed by atoms with Crippen molar-refractivity contribution in [2.24, 2.45) is 5.92 Å². The van der Waals surface area contributed by atoms with Crippen LogP contribution in [0.2, 0.25) is 0 Å². The van der Waals surface area contributed by atoms with Gasteiger partial charge in [0.2, 0.25) is 0 Å². The molecular weight excluding hydrogens is 166 g/mol. The van der Waals surface area contributed by atoms with E-state index < -0.39 is 0 Å². The van der Waals surface area contributed by atoms with Crippen LogP contribution in [0.4, 0.5) is 0 Å². The Kier molecular flexibility index (Phi) is 6.15. The van der Waals surface area contributed by atoms with E-state index in [0.29, 0.717) is 6.61 Å². The second-order valence-electron chi connectivity index (χ2n) is 3.69. The second-order valence-corrected chi connectivity index (χ2v) is 3.69. The van der Waals surface area contributed by atoms with Gasteiger partial charge in [-0.25, -0.2) is 0 Å². The Labute approximate surface area is 80.5 Å². The molecule has 0 spiro atoms. The third kappa shape index (κ3) is 5.24. The molecule has 0 unspecified atom stereocenters. The normalized spacial score (nSPS) is 17.3. The number of aliphatic hydroxyl groups is 1. The van der Waals surface area contributed by atoms with E-state index >= 15 is 0 Å². The van der Waals surface area contributed by atoms with Gasteiger partial charge in [0.05, 0.1) is 13.2 Å². The van der Waals surface area contributed by atoms with E-state index in [1.165, 1.54) is 25.8 Å². The molecule has 0 atom stereocenters. The zero-order valence-corrected chi connectivity index (χ0v) is 8.30. The Morgan fingerprint density at radius 2 is 2.15 bits per heavy atom. The molecule has 0 bridgehead atoms. The Morgan fingerprint density at radius 1 is 1.31 bits per heavy atom. The molecule has 0 aliphatic heterocycles. The Hall–Kier alpha value is -0.120. The lowest BCUT2D eigenvalue weighted by Gasteiger charge is -2.25. The summed E-state index contributed by atoms with van der Waals surface area (Å²) in [4.78, 5) is 0. The molecule has 0 aromatic carbocycles. The minimum Gasteiger partial charge on any atom is -0.394 e. The molecule has 3 nitrogen and oxygen atoms in total. The molecular formula is C10H21NO2. The summed E-state index contributed by atoms with van der Waals surface area (Å²) < 4.78 is 5.14. The average Bonchev–Trinajstić information content (AvgIpc) is 2.07.